The number of hydrogen-bond donors (Lipinski definition) is 1. The van der Waals surface area contributed by atoms with Crippen LogP contribution in [0.2, 0.25) is 0 Å². The first kappa shape index (κ1) is 18.4. The van der Waals surface area contributed by atoms with Gasteiger partial charge in [-0.2, -0.15) is 0 Å². The number of pyridine rings is 1. The highest BCUT2D eigenvalue weighted by molar-refractivity contribution is 7.18. The van der Waals surface area contributed by atoms with Gasteiger partial charge in [-0.1, -0.05) is 6.07 Å². The number of fused-ring (bicyclic) bond motifs is 1. The van der Waals surface area contributed by atoms with Crippen LogP contribution in [-0.2, 0) is 12.8 Å². The van der Waals surface area contributed by atoms with Crippen molar-refractivity contribution < 1.29 is 4.42 Å². The van der Waals surface area contributed by atoms with E-state index in [4.69, 9.17) is 10.2 Å². The molecule has 26 heavy (non-hydrogen) atoms. The second-order valence-electron chi connectivity index (χ2n) is 5.95. The summed E-state index contributed by atoms with van der Waals surface area (Å²) in [4.78, 5) is 15.6. The summed E-state index contributed by atoms with van der Waals surface area (Å²) in [5.74, 6) is 2.52. The predicted molar refractivity (Wildman–Crippen MR) is 108 cm³/mol. The maximum Gasteiger partial charge on any atom is 0.199 e. The van der Waals surface area contributed by atoms with E-state index in [0.29, 0.717) is 17.4 Å². The number of anilines is 1. The van der Waals surface area contributed by atoms with Crippen LogP contribution in [0.1, 0.15) is 22.8 Å². The Hall–Kier alpha value is -2.44. The number of aryl methyl sites for hydroxylation is 3. The van der Waals surface area contributed by atoms with E-state index in [1.807, 2.05) is 37.4 Å². The molecule has 7 heteroatoms. The highest BCUT2D eigenvalue weighted by Crippen LogP contribution is 2.31. The average molecular weight is 387 g/mol. The fraction of sp³-hybridized carbons (Fsp3) is 0.211. The molecule has 4 rings (SSSR count). The zero-order valence-corrected chi connectivity index (χ0v) is 15.9. The molecule has 4 aromatic rings. The summed E-state index contributed by atoms with van der Waals surface area (Å²) >= 11 is 1.67. The van der Waals surface area contributed by atoms with Crippen molar-refractivity contribution in [3.63, 3.8) is 0 Å². The number of rotatable bonds is 5. The van der Waals surface area contributed by atoms with Crippen LogP contribution in [0.4, 0.5) is 5.82 Å². The second-order valence-corrected chi connectivity index (χ2v) is 7.06. The van der Waals surface area contributed by atoms with E-state index in [-0.39, 0.29) is 12.4 Å². The molecule has 0 saturated heterocycles. The SMILES string of the molecule is Cc1ccc(-c2nc(N)c3cc(CCCc4ccccn4)sc3n2)o1.Cl. The molecule has 0 radical (unpaired) electrons. The van der Waals surface area contributed by atoms with Gasteiger partial charge in [0, 0.05) is 16.8 Å². The lowest BCUT2D eigenvalue weighted by Crippen LogP contribution is -1.95. The number of nitrogens with two attached hydrogens (primary N) is 1. The number of hydrogen-bond acceptors (Lipinski definition) is 6. The Bertz CT molecular complexity index is 1010. The van der Waals surface area contributed by atoms with Crippen molar-refractivity contribution in [1.29, 1.82) is 0 Å². The minimum absolute atomic E-state index is 0. The molecule has 0 amide bonds. The predicted octanol–water partition coefficient (Wildman–Crippen LogP) is 4.83. The Morgan fingerprint density at radius 3 is 2.73 bits per heavy atom. The van der Waals surface area contributed by atoms with Crippen LogP contribution >= 0.6 is 23.7 Å². The van der Waals surface area contributed by atoms with Crippen molar-refractivity contribution in [3.05, 3.63) is 58.9 Å². The van der Waals surface area contributed by atoms with Crippen molar-refractivity contribution in [1.82, 2.24) is 15.0 Å². The maximum absolute atomic E-state index is 6.14. The normalized spacial score (nSPS) is 10.8. The van der Waals surface area contributed by atoms with E-state index < -0.39 is 0 Å². The zero-order valence-electron chi connectivity index (χ0n) is 14.3. The summed E-state index contributed by atoms with van der Waals surface area (Å²) in [6.07, 6.45) is 4.82. The van der Waals surface area contributed by atoms with Crippen molar-refractivity contribution in [3.8, 4) is 11.6 Å². The minimum Gasteiger partial charge on any atom is -0.458 e. The molecular weight excluding hydrogens is 368 g/mol. The Kier molecular flexibility index (Phi) is 5.54. The van der Waals surface area contributed by atoms with Gasteiger partial charge in [-0.15, -0.1) is 23.7 Å². The Morgan fingerprint density at radius 2 is 2.00 bits per heavy atom. The maximum atomic E-state index is 6.14. The van der Waals surface area contributed by atoms with E-state index in [2.05, 4.69) is 27.1 Å². The molecule has 0 aliphatic rings. The summed E-state index contributed by atoms with van der Waals surface area (Å²) < 4.78 is 5.61. The number of nitrogen functional groups attached to an aromatic ring is 1. The third-order valence-electron chi connectivity index (χ3n) is 4.02. The second kappa shape index (κ2) is 7.85. The lowest BCUT2D eigenvalue weighted by molar-refractivity contribution is 0.544. The van der Waals surface area contributed by atoms with Gasteiger partial charge >= 0.3 is 0 Å². The molecule has 0 spiro atoms. The van der Waals surface area contributed by atoms with Crippen LogP contribution in [-0.4, -0.2) is 15.0 Å². The lowest BCUT2D eigenvalue weighted by Gasteiger charge is -1.99. The molecule has 0 saturated carbocycles. The first-order valence-corrected chi connectivity index (χ1v) is 9.03. The summed E-state index contributed by atoms with van der Waals surface area (Å²) in [5, 5.41) is 0.921. The third kappa shape index (κ3) is 3.86. The summed E-state index contributed by atoms with van der Waals surface area (Å²) in [6.45, 7) is 1.90. The molecule has 2 N–H and O–H groups in total. The van der Waals surface area contributed by atoms with E-state index in [1.165, 1.54) is 4.88 Å². The van der Waals surface area contributed by atoms with Gasteiger partial charge in [0.1, 0.15) is 16.4 Å². The molecule has 0 fully saturated rings. The fourth-order valence-electron chi connectivity index (χ4n) is 2.77. The van der Waals surface area contributed by atoms with Crippen molar-refractivity contribution in [2.24, 2.45) is 0 Å². The van der Waals surface area contributed by atoms with Gasteiger partial charge in [-0.25, -0.2) is 9.97 Å². The molecular formula is C19H19ClN4OS. The molecule has 4 heterocycles. The smallest absolute Gasteiger partial charge is 0.199 e. The van der Waals surface area contributed by atoms with Crippen LogP contribution in [0, 0.1) is 6.92 Å². The van der Waals surface area contributed by atoms with Crippen LogP contribution in [0.3, 0.4) is 0 Å². The molecule has 4 aromatic heterocycles. The third-order valence-corrected chi connectivity index (χ3v) is 5.10. The summed E-state index contributed by atoms with van der Waals surface area (Å²) in [5.41, 5.74) is 7.26. The van der Waals surface area contributed by atoms with Crippen molar-refractivity contribution in [2.75, 3.05) is 5.73 Å². The van der Waals surface area contributed by atoms with Crippen molar-refractivity contribution in [2.45, 2.75) is 26.2 Å². The molecule has 0 unspecified atom stereocenters. The molecule has 0 bridgehead atoms. The van der Waals surface area contributed by atoms with Crippen LogP contribution in [0.15, 0.2) is 47.0 Å². The quantitative estimate of drug-likeness (QED) is 0.531. The molecule has 0 aliphatic heterocycles. The Balaban J connectivity index is 0.00000196. The minimum atomic E-state index is 0. The first-order chi connectivity index (χ1) is 12.2. The van der Waals surface area contributed by atoms with Crippen LogP contribution < -0.4 is 5.73 Å². The van der Waals surface area contributed by atoms with E-state index >= 15 is 0 Å². The van der Waals surface area contributed by atoms with E-state index in [1.54, 1.807) is 11.3 Å². The first-order valence-electron chi connectivity index (χ1n) is 8.22. The topological polar surface area (TPSA) is 77.8 Å². The number of halogens is 1. The van der Waals surface area contributed by atoms with Gasteiger partial charge in [0.15, 0.2) is 11.6 Å². The molecule has 0 aliphatic carbocycles. The number of furan rings is 1. The van der Waals surface area contributed by atoms with E-state index in [9.17, 15) is 0 Å². The monoisotopic (exact) mass is 386 g/mol. The fourth-order valence-corrected chi connectivity index (χ4v) is 3.85. The number of thiophene rings is 1. The summed E-state index contributed by atoms with van der Waals surface area (Å²) in [6, 6.07) is 11.9. The molecule has 0 atom stereocenters. The molecule has 134 valence electrons. The van der Waals surface area contributed by atoms with Gasteiger partial charge in [-0.3, -0.25) is 4.98 Å². The van der Waals surface area contributed by atoms with E-state index in [0.717, 1.165) is 40.9 Å². The van der Waals surface area contributed by atoms with Gasteiger partial charge in [-0.05, 0) is 56.5 Å². The average Bonchev–Trinajstić information content (AvgIpc) is 3.22. The highest BCUT2D eigenvalue weighted by atomic mass is 35.5. The Labute approximate surface area is 161 Å². The number of nitrogens with zero attached hydrogens (tertiary/aromatic N) is 3. The van der Waals surface area contributed by atoms with Crippen molar-refractivity contribution >= 4 is 39.8 Å². The molecule has 5 nitrogen and oxygen atoms in total. The Morgan fingerprint density at radius 1 is 1.12 bits per heavy atom. The molecule has 0 aromatic carbocycles. The highest BCUT2D eigenvalue weighted by Gasteiger charge is 2.13. The van der Waals surface area contributed by atoms with Gasteiger partial charge < -0.3 is 10.2 Å². The summed E-state index contributed by atoms with van der Waals surface area (Å²) in [7, 11) is 0. The largest absolute Gasteiger partial charge is 0.458 e. The number of aromatic nitrogens is 3. The van der Waals surface area contributed by atoms with Crippen LogP contribution in [0.25, 0.3) is 21.8 Å². The van der Waals surface area contributed by atoms with Crippen LogP contribution in [0.5, 0.6) is 0 Å². The lowest BCUT2D eigenvalue weighted by atomic mass is 10.1. The standard InChI is InChI=1S/C19H18N4OS.ClH/c1-12-8-9-16(24-12)18-22-17(20)15-11-14(25-19(15)23-18)7-4-6-13-5-2-3-10-21-13;/h2-3,5,8-11H,4,6-7H2,1H3,(H2,20,22,23);1H. The van der Waals surface area contributed by atoms with Gasteiger partial charge in [0.2, 0.25) is 0 Å². The zero-order chi connectivity index (χ0) is 17.2. The van der Waals surface area contributed by atoms with Gasteiger partial charge in [0.25, 0.3) is 0 Å². The van der Waals surface area contributed by atoms with Gasteiger partial charge in [0.05, 0.1) is 5.39 Å².